The van der Waals surface area contributed by atoms with Crippen LogP contribution in [0, 0.1) is 5.92 Å². The van der Waals surface area contributed by atoms with Gasteiger partial charge in [-0.1, -0.05) is 12.8 Å². The molecule has 1 heterocycles. The molecule has 0 aromatic carbocycles. The van der Waals surface area contributed by atoms with Crippen LogP contribution in [0.4, 0.5) is 13.2 Å². The topological polar surface area (TPSA) is 29.1 Å². The van der Waals surface area contributed by atoms with Crippen LogP contribution in [-0.2, 0) is 0 Å². The molecule has 0 aliphatic heterocycles. The van der Waals surface area contributed by atoms with E-state index in [1.165, 1.54) is 11.3 Å². The van der Waals surface area contributed by atoms with Gasteiger partial charge in [0, 0.05) is 10.5 Å². The van der Waals surface area contributed by atoms with E-state index in [0.29, 0.717) is 17.7 Å². The molecule has 20 heavy (non-hydrogen) atoms. The van der Waals surface area contributed by atoms with Gasteiger partial charge in [-0.3, -0.25) is 4.79 Å². The molecule has 8 heteroatoms. The molecule has 0 saturated heterocycles. The van der Waals surface area contributed by atoms with Gasteiger partial charge in [-0.2, -0.15) is 13.2 Å². The summed E-state index contributed by atoms with van der Waals surface area (Å²) in [5.74, 6) is -1.88. The summed E-state index contributed by atoms with van der Waals surface area (Å²) in [6, 6.07) is 0.783. The van der Waals surface area contributed by atoms with Crippen molar-refractivity contribution >= 4 is 49.1 Å². The Balaban J connectivity index is 2.09. The van der Waals surface area contributed by atoms with E-state index >= 15 is 0 Å². The molecule has 1 aromatic rings. The Morgan fingerprint density at radius 1 is 1.30 bits per heavy atom. The quantitative estimate of drug-likeness (QED) is 0.687. The lowest BCUT2D eigenvalue weighted by atomic mass is 9.84. The third kappa shape index (κ3) is 3.76. The molecule has 2 unspecified atom stereocenters. The summed E-state index contributed by atoms with van der Waals surface area (Å²) in [6.07, 6.45) is -2.51. The van der Waals surface area contributed by atoms with Crippen LogP contribution in [0.25, 0.3) is 0 Å². The fraction of sp³-hybridized carbons (Fsp3) is 0.583. The second-order valence-electron chi connectivity index (χ2n) is 4.74. The van der Waals surface area contributed by atoms with Crippen molar-refractivity contribution in [3.63, 3.8) is 0 Å². The van der Waals surface area contributed by atoms with Crippen molar-refractivity contribution in [2.45, 2.75) is 37.9 Å². The highest BCUT2D eigenvalue weighted by Gasteiger charge is 2.46. The molecule has 1 fully saturated rings. The summed E-state index contributed by atoms with van der Waals surface area (Å²) in [5, 5.41) is 2.54. The highest BCUT2D eigenvalue weighted by Crippen LogP contribution is 2.38. The second kappa shape index (κ2) is 6.36. The molecule has 1 saturated carbocycles. The van der Waals surface area contributed by atoms with Gasteiger partial charge in [0.05, 0.1) is 14.6 Å². The van der Waals surface area contributed by atoms with Crippen molar-refractivity contribution in [1.29, 1.82) is 0 Å². The maximum atomic E-state index is 12.9. The minimum atomic E-state index is -4.25. The smallest absolute Gasteiger partial charge is 0.348 e. The Morgan fingerprint density at radius 3 is 2.50 bits per heavy atom. The van der Waals surface area contributed by atoms with Crippen LogP contribution in [-0.4, -0.2) is 18.1 Å². The Labute approximate surface area is 135 Å². The molecule has 0 bridgehead atoms. The van der Waals surface area contributed by atoms with Crippen molar-refractivity contribution < 1.29 is 18.0 Å². The summed E-state index contributed by atoms with van der Waals surface area (Å²) >= 11 is 7.72. The summed E-state index contributed by atoms with van der Waals surface area (Å²) in [6.45, 7) is 0. The van der Waals surface area contributed by atoms with Crippen LogP contribution in [0.1, 0.15) is 35.4 Å². The average Bonchev–Trinajstić information content (AvgIpc) is 2.69. The first-order chi connectivity index (χ1) is 9.29. The molecule has 1 N–H and O–H groups in total. The molecular formula is C12H12Br2F3NOS. The first-order valence-electron chi connectivity index (χ1n) is 6.11. The van der Waals surface area contributed by atoms with E-state index in [0.717, 1.165) is 14.7 Å². The van der Waals surface area contributed by atoms with Crippen LogP contribution in [0.3, 0.4) is 0 Å². The van der Waals surface area contributed by atoms with Gasteiger partial charge >= 0.3 is 6.18 Å². The Morgan fingerprint density at radius 2 is 1.95 bits per heavy atom. The maximum absolute atomic E-state index is 12.9. The first-order valence-corrected chi connectivity index (χ1v) is 8.51. The van der Waals surface area contributed by atoms with Crippen molar-refractivity contribution in [3.8, 4) is 0 Å². The maximum Gasteiger partial charge on any atom is 0.393 e. The number of carbonyl (C=O) groups excluding carboxylic acids is 1. The van der Waals surface area contributed by atoms with Gasteiger partial charge in [-0.05, 0) is 50.8 Å². The third-order valence-electron chi connectivity index (χ3n) is 3.37. The highest BCUT2D eigenvalue weighted by atomic mass is 79.9. The van der Waals surface area contributed by atoms with E-state index in [9.17, 15) is 18.0 Å². The number of rotatable bonds is 2. The van der Waals surface area contributed by atoms with Gasteiger partial charge in [0.2, 0.25) is 0 Å². The van der Waals surface area contributed by atoms with Crippen molar-refractivity contribution in [3.05, 3.63) is 19.2 Å². The molecule has 0 radical (unpaired) electrons. The summed E-state index contributed by atoms with van der Waals surface area (Å²) in [4.78, 5) is 12.4. The van der Waals surface area contributed by atoms with E-state index in [2.05, 4.69) is 37.2 Å². The van der Waals surface area contributed by atoms with Gasteiger partial charge < -0.3 is 5.32 Å². The molecule has 0 spiro atoms. The molecule has 1 aromatic heterocycles. The largest absolute Gasteiger partial charge is 0.393 e. The van der Waals surface area contributed by atoms with Crippen LogP contribution >= 0.6 is 43.2 Å². The number of alkyl halides is 3. The van der Waals surface area contributed by atoms with Crippen molar-refractivity contribution in [2.24, 2.45) is 5.92 Å². The number of hydrogen-bond donors (Lipinski definition) is 1. The summed E-state index contributed by atoms with van der Waals surface area (Å²) in [5.41, 5.74) is 0. The molecule has 1 aliphatic rings. The zero-order valence-corrected chi connectivity index (χ0v) is 14.3. The molecule has 112 valence electrons. The fourth-order valence-electron chi connectivity index (χ4n) is 2.39. The second-order valence-corrected chi connectivity index (χ2v) is 7.97. The number of amides is 1. The predicted molar refractivity (Wildman–Crippen MR) is 79.0 cm³/mol. The number of carbonyl (C=O) groups is 1. The minimum Gasteiger partial charge on any atom is -0.348 e. The van der Waals surface area contributed by atoms with Crippen LogP contribution in [0.5, 0.6) is 0 Å². The first kappa shape index (κ1) is 16.3. The molecule has 2 rings (SSSR count). The predicted octanol–water partition coefficient (Wildman–Crippen LogP) is 5.12. The number of nitrogens with one attached hydrogen (secondary N) is 1. The zero-order valence-electron chi connectivity index (χ0n) is 10.3. The fourth-order valence-corrected chi connectivity index (χ4v) is 4.33. The van der Waals surface area contributed by atoms with Gasteiger partial charge in [-0.25, -0.2) is 0 Å². The van der Waals surface area contributed by atoms with E-state index in [-0.39, 0.29) is 6.42 Å². The van der Waals surface area contributed by atoms with Crippen molar-refractivity contribution in [1.82, 2.24) is 5.32 Å². The number of hydrogen-bond acceptors (Lipinski definition) is 2. The van der Waals surface area contributed by atoms with Crippen LogP contribution in [0.15, 0.2) is 14.3 Å². The minimum absolute atomic E-state index is 0.0896. The van der Waals surface area contributed by atoms with Gasteiger partial charge in [0.15, 0.2) is 0 Å². The van der Waals surface area contributed by atoms with Crippen LogP contribution in [0.2, 0.25) is 0 Å². The Bertz CT molecular complexity index is 484. The lowest BCUT2D eigenvalue weighted by Gasteiger charge is -2.33. The summed E-state index contributed by atoms with van der Waals surface area (Å²) in [7, 11) is 0. The van der Waals surface area contributed by atoms with Crippen molar-refractivity contribution in [2.75, 3.05) is 0 Å². The average molecular weight is 435 g/mol. The normalized spacial score (nSPS) is 23.6. The monoisotopic (exact) mass is 433 g/mol. The lowest BCUT2D eigenvalue weighted by molar-refractivity contribution is -0.187. The Kier molecular flexibility index (Phi) is 5.18. The molecule has 2 nitrogen and oxygen atoms in total. The zero-order chi connectivity index (χ0) is 14.9. The van der Waals surface area contributed by atoms with E-state index < -0.39 is 24.0 Å². The molecule has 1 aliphatic carbocycles. The highest BCUT2D eigenvalue weighted by molar-refractivity contribution is 9.13. The van der Waals surface area contributed by atoms with Gasteiger partial charge in [-0.15, -0.1) is 11.3 Å². The molecule has 1 amide bonds. The standard InChI is InChI=1S/C12H12Br2F3NOS/c13-7-5-9(20-10(7)14)11(19)18-8-4-2-1-3-6(8)12(15,16)17/h5-6,8H,1-4H2,(H,18,19). The molecular weight excluding hydrogens is 423 g/mol. The van der Waals surface area contributed by atoms with Crippen LogP contribution < -0.4 is 5.32 Å². The number of halogens is 5. The van der Waals surface area contributed by atoms with E-state index in [1.54, 1.807) is 6.07 Å². The SMILES string of the molecule is O=C(NC1CCCCC1C(F)(F)F)c1cc(Br)c(Br)s1. The Hall–Kier alpha value is -0.0800. The third-order valence-corrected chi connectivity index (χ3v) is 6.63. The lowest BCUT2D eigenvalue weighted by Crippen LogP contribution is -2.47. The molecule has 2 atom stereocenters. The number of thiophene rings is 1. The van der Waals surface area contributed by atoms with E-state index in [4.69, 9.17) is 0 Å². The summed E-state index contributed by atoms with van der Waals surface area (Å²) < 4.78 is 40.3. The van der Waals surface area contributed by atoms with Gasteiger partial charge in [0.25, 0.3) is 5.91 Å². The van der Waals surface area contributed by atoms with E-state index in [1.807, 2.05) is 0 Å². The van der Waals surface area contributed by atoms with Gasteiger partial charge in [0.1, 0.15) is 0 Å².